The molecule has 4 aromatic rings. The molecule has 1 amide bonds. The third-order valence-electron chi connectivity index (χ3n) is 4.74. The fourth-order valence-electron chi connectivity index (χ4n) is 3.04. The Morgan fingerprint density at radius 1 is 1.03 bits per heavy atom. The summed E-state index contributed by atoms with van der Waals surface area (Å²) in [4.78, 5) is 23.6. The van der Waals surface area contributed by atoms with Crippen molar-refractivity contribution in [3.63, 3.8) is 0 Å². The Morgan fingerprint density at radius 2 is 1.85 bits per heavy atom. The van der Waals surface area contributed by atoms with Gasteiger partial charge >= 0.3 is 0 Å². The Bertz CT molecular complexity index is 1450. The Hall–Kier alpha value is -4.28. The van der Waals surface area contributed by atoms with Gasteiger partial charge in [-0.2, -0.15) is 5.10 Å². The first-order valence-corrected chi connectivity index (χ1v) is 11.6. The van der Waals surface area contributed by atoms with E-state index in [1.165, 1.54) is 30.5 Å². The summed E-state index contributed by atoms with van der Waals surface area (Å²) in [5.41, 5.74) is 2.22. The lowest BCUT2D eigenvalue weighted by Crippen LogP contribution is -2.22. The zero-order chi connectivity index (χ0) is 24.0. The third kappa shape index (κ3) is 5.94. The van der Waals surface area contributed by atoms with E-state index in [1.807, 2.05) is 6.07 Å². The predicted molar refractivity (Wildman–Crippen MR) is 127 cm³/mol. The highest BCUT2D eigenvalue weighted by Gasteiger charge is 2.14. The van der Waals surface area contributed by atoms with Gasteiger partial charge in [0.1, 0.15) is 5.76 Å². The summed E-state index contributed by atoms with van der Waals surface area (Å²) in [6.45, 7) is 0.0522. The van der Waals surface area contributed by atoms with Crippen molar-refractivity contribution in [2.45, 2.75) is 11.4 Å². The van der Waals surface area contributed by atoms with Gasteiger partial charge in [-0.1, -0.05) is 24.3 Å². The molecule has 2 aromatic carbocycles. The first kappa shape index (κ1) is 22.9. The zero-order valence-corrected chi connectivity index (χ0v) is 18.6. The van der Waals surface area contributed by atoms with Crippen LogP contribution in [0.5, 0.6) is 0 Å². The largest absolute Gasteiger partial charge is 0.468 e. The number of amides is 1. The normalized spacial score (nSPS) is 11.5. The van der Waals surface area contributed by atoms with Crippen LogP contribution in [-0.4, -0.2) is 24.5 Å². The van der Waals surface area contributed by atoms with E-state index in [1.54, 1.807) is 54.6 Å². The molecule has 0 saturated heterocycles. The number of nitrogens with one attached hydrogen (secondary N) is 3. The fourth-order valence-corrected chi connectivity index (χ4v) is 4.03. The van der Waals surface area contributed by atoms with E-state index >= 15 is 0 Å². The molecule has 0 aliphatic rings. The number of H-pyrrole nitrogens is 1. The summed E-state index contributed by atoms with van der Waals surface area (Å²) in [6, 6.07) is 19.5. The number of carbonyl (C=O) groups excluding carboxylic acids is 1. The summed E-state index contributed by atoms with van der Waals surface area (Å²) >= 11 is 0. The minimum atomic E-state index is -3.69. The van der Waals surface area contributed by atoms with Gasteiger partial charge in [-0.15, -0.1) is 0 Å². The number of aromatic nitrogens is 2. The Balaban J connectivity index is 1.37. The van der Waals surface area contributed by atoms with E-state index in [-0.39, 0.29) is 22.9 Å². The highest BCUT2D eigenvalue weighted by atomic mass is 32.2. The number of benzene rings is 2. The van der Waals surface area contributed by atoms with Crippen LogP contribution >= 0.6 is 0 Å². The summed E-state index contributed by atoms with van der Waals surface area (Å²) in [5.74, 6) is 0.151. The van der Waals surface area contributed by atoms with E-state index in [2.05, 4.69) is 20.2 Å². The van der Waals surface area contributed by atoms with Crippen LogP contribution < -0.4 is 15.6 Å². The molecule has 0 unspecified atom stereocenters. The fraction of sp³-hybridized carbons (Fsp3) is 0.0417. The second-order valence-electron chi connectivity index (χ2n) is 7.18. The van der Waals surface area contributed by atoms with Crippen LogP contribution in [0.25, 0.3) is 17.3 Å². The average molecular weight is 477 g/mol. The van der Waals surface area contributed by atoms with E-state index in [0.717, 1.165) is 5.56 Å². The van der Waals surface area contributed by atoms with Gasteiger partial charge in [0.05, 0.1) is 23.4 Å². The van der Waals surface area contributed by atoms with E-state index in [4.69, 9.17) is 4.42 Å². The van der Waals surface area contributed by atoms with Crippen molar-refractivity contribution in [1.82, 2.24) is 14.9 Å². The SMILES string of the molecule is O=C(/C=C/c1ccc(S(=O)(=O)NCc2ccco2)cc1)Nc1cccc(-c2ccc(=O)[nH]n2)c1. The lowest BCUT2D eigenvalue weighted by atomic mass is 10.1. The standard InChI is InChI=1S/C24H20N4O5S/c29-23(26-19-4-1-3-18(15-19)22-11-13-24(30)28-27-22)12-8-17-6-9-21(10-7-17)34(31,32)25-16-20-5-2-14-33-20/h1-15,25H,16H2,(H,26,29)(H,28,30)/b12-8+. The number of sulfonamides is 1. The van der Waals surface area contributed by atoms with Crippen molar-refractivity contribution in [3.8, 4) is 11.3 Å². The Kier molecular flexibility index (Phi) is 6.81. The first-order chi connectivity index (χ1) is 16.4. The molecule has 0 saturated carbocycles. The molecule has 2 aromatic heterocycles. The molecule has 0 aliphatic carbocycles. The molecule has 0 radical (unpaired) electrons. The minimum absolute atomic E-state index is 0.0522. The van der Waals surface area contributed by atoms with Crippen molar-refractivity contribution in [2.24, 2.45) is 0 Å². The molecule has 9 nitrogen and oxygen atoms in total. The molecular formula is C24H20N4O5S. The van der Waals surface area contributed by atoms with Crippen molar-refractivity contribution >= 4 is 27.7 Å². The molecule has 172 valence electrons. The number of rotatable bonds is 8. The molecule has 0 fully saturated rings. The molecule has 2 heterocycles. The molecule has 0 aliphatic heterocycles. The van der Waals surface area contributed by atoms with E-state index in [0.29, 0.717) is 22.7 Å². The number of hydrogen-bond acceptors (Lipinski definition) is 6. The third-order valence-corrected chi connectivity index (χ3v) is 6.16. The summed E-state index contributed by atoms with van der Waals surface area (Å²) in [6.07, 6.45) is 4.40. The zero-order valence-electron chi connectivity index (χ0n) is 17.8. The van der Waals surface area contributed by atoms with Crippen molar-refractivity contribution in [3.05, 3.63) is 107 Å². The van der Waals surface area contributed by atoms with Gasteiger partial charge in [0.15, 0.2) is 0 Å². The van der Waals surface area contributed by atoms with Crippen LogP contribution in [0.1, 0.15) is 11.3 Å². The Morgan fingerprint density at radius 3 is 2.56 bits per heavy atom. The van der Waals surface area contributed by atoms with Crippen molar-refractivity contribution < 1.29 is 17.6 Å². The van der Waals surface area contributed by atoms with Crippen LogP contribution in [0, 0.1) is 0 Å². The summed E-state index contributed by atoms with van der Waals surface area (Å²) in [5, 5.41) is 9.11. The number of carbonyl (C=O) groups is 1. The second-order valence-corrected chi connectivity index (χ2v) is 8.95. The maximum atomic E-state index is 12.4. The lowest BCUT2D eigenvalue weighted by Gasteiger charge is -2.06. The van der Waals surface area contributed by atoms with Gasteiger partial charge in [0.2, 0.25) is 15.9 Å². The van der Waals surface area contributed by atoms with E-state index < -0.39 is 10.0 Å². The molecular weight excluding hydrogens is 456 g/mol. The molecule has 0 atom stereocenters. The van der Waals surface area contributed by atoms with Gasteiger partial charge in [-0.05, 0) is 54.1 Å². The van der Waals surface area contributed by atoms with Crippen LogP contribution in [0.3, 0.4) is 0 Å². The topological polar surface area (TPSA) is 134 Å². The Labute approximate surface area is 195 Å². The van der Waals surface area contributed by atoms with Crippen molar-refractivity contribution in [1.29, 1.82) is 0 Å². The average Bonchev–Trinajstić information content (AvgIpc) is 3.36. The van der Waals surface area contributed by atoms with E-state index in [9.17, 15) is 18.0 Å². The maximum Gasteiger partial charge on any atom is 0.264 e. The van der Waals surface area contributed by atoms with Crippen LogP contribution in [0.2, 0.25) is 0 Å². The molecule has 0 spiro atoms. The first-order valence-electron chi connectivity index (χ1n) is 10.2. The second kappa shape index (κ2) is 10.1. The van der Waals surface area contributed by atoms with Gasteiger partial charge < -0.3 is 9.73 Å². The van der Waals surface area contributed by atoms with Crippen LogP contribution in [-0.2, 0) is 21.4 Å². The molecule has 34 heavy (non-hydrogen) atoms. The summed E-state index contributed by atoms with van der Waals surface area (Å²) in [7, 11) is -3.69. The van der Waals surface area contributed by atoms with Crippen LogP contribution in [0.4, 0.5) is 5.69 Å². The molecule has 0 bridgehead atoms. The molecule has 4 rings (SSSR count). The highest BCUT2D eigenvalue weighted by molar-refractivity contribution is 7.89. The molecule has 10 heteroatoms. The smallest absolute Gasteiger partial charge is 0.264 e. The van der Waals surface area contributed by atoms with Crippen molar-refractivity contribution in [2.75, 3.05) is 5.32 Å². The van der Waals surface area contributed by atoms with Gasteiger partial charge in [0, 0.05) is 23.4 Å². The minimum Gasteiger partial charge on any atom is -0.468 e. The monoisotopic (exact) mass is 476 g/mol. The van der Waals surface area contributed by atoms with Gasteiger partial charge in [0.25, 0.3) is 5.56 Å². The van der Waals surface area contributed by atoms with Gasteiger partial charge in [-0.3, -0.25) is 9.59 Å². The molecule has 3 N–H and O–H groups in total. The predicted octanol–water partition coefficient (Wildman–Crippen LogP) is 3.16. The summed E-state index contributed by atoms with van der Waals surface area (Å²) < 4.78 is 32.4. The van der Waals surface area contributed by atoms with Crippen LogP contribution in [0.15, 0.2) is 99.2 Å². The quantitative estimate of drug-likeness (QED) is 0.335. The highest BCUT2D eigenvalue weighted by Crippen LogP contribution is 2.20. The van der Waals surface area contributed by atoms with Gasteiger partial charge in [-0.25, -0.2) is 18.2 Å². The number of aromatic amines is 1. The number of furan rings is 1. The number of nitrogens with zero attached hydrogens (tertiary/aromatic N) is 1. The number of anilines is 1. The maximum absolute atomic E-state index is 12.4. The lowest BCUT2D eigenvalue weighted by molar-refractivity contribution is -0.111. The number of hydrogen-bond donors (Lipinski definition) is 3.